The van der Waals surface area contributed by atoms with Crippen molar-refractivity contribution >= 4 is 130 Å². The first kappa shape index (κ1) is 73.7. The zero-order valence-electron chi connectivity index (χ0n) is 64.6. The first-order valence-corrected chi connectivity index (χ1v) is 40.7. The number of rotatable bonds is 10. The van der Waals surface area contributed by atoms with Gasteiger partial charge in [0.25, 0.3) is 0 Å². The molecule has 0 aromatic heterocycles. The van der Waals surface area contributed by atoms with Crippen LogP contribution in [0.1, 0.15) is 27.7 Å². The van der Waals surface area contributed by atoms with Gasteiger partial charge in [-0.3, -0.25) is 0 Å². The Bertz CT molecular complexity index is 7350. The fraction of sp³-hybridized carbons (Fsp3) is 0.0654. The second-order valence-electron chi connectivity index (χ2n) is 31.2. The van der Waals surface area contributed by atoms with Crippen molar-refractivity contribution in [3.8, 4) is 83.6 Å². The van der Waals surface area contributed by atoms with Gasteiger partial charge in [-0.15, -0.1) is 0 Å². The van der Waals surface area contributed by atoms with Gasteiger partial charge in [-0.25, -0.2) is 0 Å². The van der Waals surface area contributed by atoms with Gasteiger partial charge in [-0.2, -0.15) is 21.6 Å². The molecule has 1 saturated heterocycles. The van der Waals surface area contributed by atoms with Crippen LogP contribution >= 0.6 is 0 Å². The van der Waals surface area contributed by atoms with Crippen molar-refractivity contribution in [2.45, 2.75) is 44.4 Å². The van der Waals surface area contributed by atoms with E-state index in [9.17, 15) is 21.6 Å². The highest BCUT2D eigenvalue weighted by atomic mass is 32.2. The third kappa shape index (κ3) is 14.1. The highest BCUT2D eigenvalue weighted by Gasteiger charge is 2.52. The molecule has 0 N–H and O–H groups in total. The molecule has 0 unspecified atom stereocenters. The lowest BCUT2D eigenvalue weighted by atomic mass is 9.78. The molecule has 564 valence electrons. The number of halogens is 3. The molecule has 0 saturated carbocycles. The molecule has 0 atom stereocenters. The molecule has 0 bridgehead atoms. The maximum Gasteiger partial charge on any atom is 0.534 e. The molecule has 1 aliphatic rings. The van der Waals surface area contributed by atoms with Crippen molar-refractivity contribution in [1.82, 2.24) is 0 Å². The largest absolute Gasteiger partial charge is 0.534 e. The predicted octanol–water partition coefficient (Wildman–Crippen LogP) is 28.8. The summed E-state index contributed by atoms with van der Waals surface area (Å²) in [5.74, 6) is -0.411. The lowest BCUT2D eigenvalue weighted by Crippen LogP contribution is -2.41. The summed E-state index contributed by atoms with van der Waals surface area (Å²) < 4.78 is 79.0. The molecule has 5 nitrogen and oxygen atoms in total. The van der Waals surface area contributed by atoms with E-state index in [0.717, 1.165) is 54.5 Å². The third-order valence-electron chi connectivity index (χ3n) is 23.4. The van der Waals surface area contributed by atoms with Crippen molar-refractivity contribution in [2.75, 3.05) is 0 Å². The number of benzene rings is 20. The lowest BCUT2D eigenvalue weighted by molar-refractivity contribution is -0.0500. The summed E-state index contributed by atoms with van der Waals surface area (Å²) in [5.41, 5.74) is 10.7. The first-order chi connectivity index (χ1) is 56.8. The molecule has 1 heterocycles. The monoisotopic (exact) mass is 1540 g/mol. The molecule has 0 aliphatic carbocycles. The number of alkyl halides is 3. The highest BCUT2D eigenvalue weighted by molar-refractivity contribution is 7.88. The Morgan fingerprint density at radius 3 is 0.812 bits per heavy atom. The van der Waals surface area contributed by atoms with Crippen LogP contribution < -0.4 is 9.65 Å². The van der Waals surface area contributed by atoms with Crippen LogP contribution in [-0.2, 0) is 19.4 Å². The van der Waals surface area contributed by atoms with Gasteiger partial charge in [-0.05, 0) is 279 Å². The van der Waals surface area contributed by atoms with Gasteiger partial charge in [0.1, 0.15) is 5.75 Å². The minimum Gasteiger partial charge on any atom is -0.399 e. The Morgan fingerprint density at radius 1 is 0.248 bits per heavy atom. The summed E-state index contributed by atoms with van der Waals surface area (Å²) in [4.78, 5) is 0. The van der Waals surface area contributed by atoms with Crippen LogP contribution in [0.2, 0.25) is 0 Å². The molecule has 20 aromatic carbocycles. The molecule has 21 rings (SSSR count). The molecule has 20 aromatic rings. The molecule has 1 aliphatic heterocycles. The topological polar surface area (TPSA) is 61.8 Å². The molecule has 1 fully saturated rings. The van der Waals surface area contributed by atoms with Crippen molar-refractivity contribution in [2.24, 2.45) is 0 Å². The molecule has 10 heteroatoms. The summed E-state index contributed by atoms with van der Waals surface area (Å²) in [6.07, 6.45) is 0. The zero-order valence-corrected chi connectivity index (χ0v) is 65.4. The predicted molar refractivity (Wildman–Crippen MR) is 484 cm³/mol. The fourth-order valence-electron chi connectivity index (χ4n) is 16.8. The van der Waals surface area contributed by atoms with Gasteiger partial charge in [0, 0.05) is 0 Å². The normalized spacial score (nSPS) is 13.4. The average Bonchev–Trinajstić information content (AvgIpc) is 1.70. The summed E-state index contributed by atoms with van der Waals surface area (Å²) in [6, 6.07) is 135. The van der Waals surface area contributed by atoms with Gasteiger partial charge in [-0.1, -0.05) is 328 Å². The maximum atomic E-state index is 12.9. The van der Waals surface area contributed by atoms with E-state index in [-0.39, 0.29) is 18.3 Å². The van der Waals surface area contributed by atoms with Gasteiger partial charge < -0.3 is 13.5 Å². The van der Waals surface area contributed by atoms with Gasteiger partial charge in [0.2, 0.25) is 0 Å². The van der Waals surface area contributed by atoms with Gasteiger partial charge in [0.15, 0.2) is 0 Å². The number of fused-ring (bicyclic) bond motifs is 10. The summed E-state index contributed by atoms with van der Waals surface area (Å²) in [6.45, 7) is 8.35. The Kier molecular flexibility index (Phi) is 18.7. The van der Waals surface area contributed by atoms with Crippen molar-refractivity contribution in [1.29, 1.82) is 0 Å². The maximum absolute atomic E-state index is 12.9. The minimum absolute atomic E-state index is 0.327. The van der Waals surface area contributed by atoms with Gasteiger partial charge in [0.05, 0.1) is 11.2 Å². The minimum atomic E-state index is -5.80. The smallest absolute Gasteiger partial charge is 0.399 e. The van der Waals surface area contributed by atoms with E-state index in [1.807, 2.05) is 60.7 Å². The van der Waals surface area contributed by atoms with Crippen LogP contribution in [0.15, 0.2) is 388 Å². The molecule has 117 heavy (non-hydrogen) atoms. The van der Waals surface area contributed by atoms with Crippen molar-refractivity contribution < 1.29 is 35.1 Å². The fourth-order valence-corrected chi connectivity index (χ4v) is 17.3. The Labute approximate surface area is 677 Å². The summed E-state index contributed by atoms with van der Waals surface area (Å²) in [7, 11) is -6.12. The van der Waals surface area contributed by atoms with E-state index in [0.29, 0.717) is 5.56 Å². The van der Waals surface area contributed by atoms with Crippen LogP contribution in [0.4, 0.5) is 13.2 Å². The van der Waals surface area contributed by atoms with Crippen LogP contribution in [0.3, 0.4) is 0 Å². The average molecular weight is 1540 g/mol. The molecule has 0 spiro atoms. The Morgan fingerprint density at radius 2 is 0.479 bits per heavy atom. The van der Waals surface area contributed by atoms with Crippen molar-refractivity contribution in [3.63, 3.8) is 0 Å². The van der Waals surface area contributed by atoms with Crippen molar-refractivity contribution in [3.05, 3.63) is 388 Å². The van der Waals surface area contributed by atoms with E-state index in [1.54, 1.807) is 6.07 Å². The number of hydrogen-bond acceptors (Lipinski definition) is 5. The van der Waals surface area contributed by atoms with Crippen LogP contribution in [0.5, 0.6) is 5.75 Å². The lowest BCUT2D eigenvalue weighted by Gasteiger charge is -2.32. The standard InChI is InChI=1S/C50H32.C31H19F3O3S.C26H25BO2/c1-3-12-35-28-39(22-20-33(35)10-1)41-26-25-40-29-38(23-24-42(40)30-41)37-14-9-15-43(32-37)49-45-16-5-7-18-47(45)50(48-19-8-6-17-46(48)49)44-27-21-34-11-2-4-13-36(34)31-44;32-31(33,34)38(35,36)37-24-11-7-10-22(19-24)29-25-12-3-5-14-27(25)30(28-15-6-4-13-26(28)29)23-17-16-20-8-1-2-9-21(20)18-23;1-25(2)26(3,4)29-27(28-25)24-14-13-22-16-21(11-12-23(22)17-24)20-10-9-18-7-5-6-8-19(18)15-20/h1-32H;1-19H;5-17H,1-4H3. The molecule has 0 amide bonds. The number of hydrogen-bond donors (Lipinski definition) is 0. The highest BCUT2D eigenvalue weighted by Crippen LogP contribution is 2.48. The Hall–Kier alpha value is -13.5. The van der Waals surface area contributed by atoms with E-state index in [4.69, 9.17) is 9.31 Å². The van der Waals surface area contributed by atoms with E-state index < -0.39 is 21.4 Å². The second-order valence-corrected chi connectivity index (χ2v) is 32.7. The van der Waals surface area contributed by atoms with E-state index in [2.05, 4.69) is 335 Å². The summed E-state index contributed by atoms with van der Waals surface area (Å²) >= 11 is 0. The van der Waals surface area contributed by atoms with Crippen LogP contribution in [0, 0.1) is 0 Å². The zero-order chi connectivity index (χ0) is 79.7. The quantitative estimate of drug-likeness (QED) is 0.0591. The molecular weight excluding hydrogens is 1470 g/mol. The molecular formula is C107H76BF3O5S. The van der Waals surface area contributed by atoms with E-state index >= 15 is 0 Å². The third-order valence-corrected chi connectivity index (χ3v) is 24.4. The molecule has 0 radical (unpaired) electrons. The van der Waals surface area contributed by atoms with Gasteiger partial charge >= 0.3 is 22.7 Å². The second kappa shape index (κ2) is 29.7. The van der Waals surface area contributed by atoms with E-state index in [1.165, 1.54) is 149 Å². The van der Waals surface area contributed by atoms with Crippen LogP contribution in [-0.4, -0.2) is 32.2 Å². The first-order valence-electron chi connectivity index (χ1n) is 39.3. The van der Waals surface area contributed by atoms with Crippen LogP contribution in [0.25, 0.3) is 186 Å². The Balaban J connectivity index is 0.000000121. The summed E-state index contributed by atoms with van der Waals surface area (Å²) in [5, 5.41) is 23.5. The SMILES string of the molecule is CC1(C)OB(c2ccc3cc(-c4ccc5ccccc5c4)ccc3c2)OC1(C)C.O=S(=O)(Oc1cccc(-c2c3ccccc3c(-c3ccc4ccccc4c3)c3ccccc23)c1)C(F)(F)F.c1cc(-c2ccc3cc(-c4ccc5ccccc5c4)ccc3c2)cc(-c2c3ccccc3c(-c3ccc4ccccc4c3)c3ccccc23)c1.